The first-order chi connectivity index (χ1) is 8.61. The summed E-state index contributed by atoms with van der Waals surface area (Å²) in [5.41, 5.74) is 0.334. The highest BCUT2D eigenvalue weighted by Gasteiger charge is 2.30. The van der Waals surface area contributed by atoms with Gasteiger partial charge in [0.2, 0.25) is 0 Å². The third-order valence-corrected chi connectivity index (χ3v) is 2.94. The van der Waals surface area contributed by atoms with Gasteiger partial charge in [0, 0.05) is 12.7 Å². The van der Waals surface area contributed by atoms with Crippen LogP contribution >= 0.6 is 0 Å². The van der Waals surface area contributed by atoms with E-state index in [1.807, 2.05) is 6.92 Å². The molecule has 2 N–H and O–H groups in total. The summed E-state index contributed by atoms with van der Waals surface area (Å²) in [6.07, 6.45) is 2.34. The topological polar surface area (TPSA) is 82.9 Å². The second-order valence-corrected chi connectivity index (χ2v) is 4.38. The maximum absolute atomic E-state index is 12.3. The number of amides is 1. The van der Waals surface area contributed by atoms with Crippen molar-refractivity contribution in [2.24, 2.45) is 0 Å². The summed E-state index contributed by atoms with van der Waals surface area (Å²) < 4.78 is 5.37. The van der Waals surface area contributed by atoms with Crippen LogP contribution in [0.25, 0.3) is 0 Å². The zero-order valence-corrected chi connectivity index (χ0v) is 10.1. The molecule has 0 radical (unpaired) electrons. The van der Waals surface area contributed by atoms with Gasteiger partial charge in [0.05, 0.1) is 37.1 Å². The fourth-order valence-corrected chi connectivity index (χ4v) is 1.92. The Morgan fingerprint density at radius 2 is 2.39 bits per heavy atom. The van der Waals surface area contributed by atoms with Gasteiger partial charge >= 0.3 is 0 Å². The summed E-state index contributed by atoms with van der Waals surface area (Å²) in [4.78, 5) is 17.7. The van der Waals surface area contributed by atoms with Gasteiger partial charge in [-0.05, 0) is 13.0 Å². The number of aliphatic hydroxyl groups excluding tert-OH is 1. The Labute approximate surface area is 105 Å². The maximum atomic E-state index is 12.3. The molecule has 0 bridgehead atoms. The predicted molar refractivity (Wildman–Crippen MR) is 63.2 cm³/mol. The minimum absolute atomic E-state index is 0.0412. The average molecular weight is 252 g/mol. The normalized spacial score (nSPS) is 24.0. The van der Waals surface area contributed by atoms with Crippen LogP contribution in [0.5, 0.6) is 5.75 Å². The number of aliphatic hydroxyl groups is 1. The third kappa shape index (κ3) is 2.60. The Morgan fingerprint density at radius 3 is 3.06 bits per heavy atom. The zero-order valence-electron chi connectivity index (χ0n) is 10.1. The van der Waals surface area contributed by atoms with E-state index in [2.05, 4.69) is 4.98 Å². The van der Waals surface area contributed by atoms with Crippen LogP contribution in [0.2, 0.25) is 0 Å². The molecule has 0 spiro atoms. The molecule has 18 heavy (non-hydrogen) atoms. The summed E-state index contributed by atoms with van der Waals surface area (Å²) in [6, 6.07) is 1.31. The minimum atomic E-state index is -0.351. The van der Waals surface area contributed by atoms with E-state index in [0.29, 0.717) is 18.7 Å². The second kappa shape index (κ2) is 5.32. The van der Waals surface area contributed by atoms with E-state index < -0.39 is 0 Å². The number of rotatable bonds is 2. The van der Waals surface area contributed by atoms with Crippen LogP contribution in [0.4, 0.5) is 0 Å². The number of morpholine rings is 1. The molecule has 1 aliphatic rings. The van der Waals surface area contributed by atoms with Crippen molar-refractivity contribution in [3.8, 4) is 5.75 Å². The summed E-state index contributed by atoms with van der Waals surface area (Å²) in [5, 5.41) is 18.4. The van der Waals surface area contributed by atoms with Gasteiger partial charge in [0.1, 0.15) is 5.75 Å². The van der Waals surface area contributed by atoms with Gasteiger partial charge in [-0.1, -0.05) is 0 Å². The van der Waals surface area contributed by atoms with Gasteiger partial charge in [0.25, 0.3) is 5.91 Å². The first-order valence-corrected chi connectivity index (χ1v) is 5.79. The summed E-state index contributed by atoms with van der Waals surface area (Å²) >= 11 is 0. The fourth-order valence-electron chi connectivity index (χ4n) is 1.92. The monoisotopic (exact) mass is 252 g/mol. The summed E-state index contributed by atoms with van der Waals surface area (Å²) in [7, 11) is 0. The molecular formula is C12H16N2O4. The molecular weight excluding hydrogens is 236 g/mol. The van der Waals surface area contributed by atoms with Gasteiger partial charge in [-0.15, -0.1) is 0 Å². The first-order valence-electron chi connectivity index (χ1n) is 5.79. The van der Waals surface area contributed by atoms with Crippen molar-refractivity contribution in [3.05, 3.63) is 24.0 Å². The second-order valence-electron chi connectivity index (χ2n) is 4.38. The Balaban J connectivity index is 2.16. The SMILES string of the molecule is CC1COC(CO)CN1C(=O)c1cncc(O)c1. The highest BCUT2D eigenvalue weighted by atomic mass is 16.5. The molecule has 6 nitrogen and oxygen atoms in total. The van der Waals surface area contributed by atoms with E-state index in [0.717, 1.165) is 0 Å². The molecule has 98 valence electrons. The van der Waals surface area contributed by atoms with Crippen LogP contribution in [0, 0.1) is 0 Å². The Kier molecular flexibility index (Phi) is 3.78. The van der Waals surface area contributed by atoms with Crippen molar-refractivity contribution in [3.63, 3.8) is 0 Å². The van der Waals surface area contributed by atoms with Crippen molar-refractivity contribution < 1.29 is 19.7 Å². The fraction of sp³-hybridized carbons (Fsp3) is 0.500. The van der Waals surface area contributed by atoms with Crippen LogP contribution in [0.1, 0.15) is 17.3 Å². The quantitative estimate of drug-likeness (QED) is 0.774. The number of hydrogen-bond acceptors (Lipinski definition) is 5. The summed E-state index contributed by atoms with van der Waals surface area (Å²) in [5.74, 6) is -0.256. The highest BCUT2D eigenvalue weighted by molar-refractivity contribution is 5.94. The molecule has 0 aromatic carbocycles. The molecule has 0 saturated carbocycles. The van der Waals surface area contributed by atoms with Crippen LogP contribution in [0.15, 0.2) is 18.5 Å². The van der Waals surface area contributed by atoms with Gasteiger partial charge in [0.15, 0.2) is 0 Å². The maximum Gasteiger partial charge on any atom is 0.255 e. The van der Waals surface area contributed by atoms with Gasteiger partial charge < -0.3 is 19.8 Å². The van der Waals surface area contributed by atoms with Crippen molar-refractivity contribution >= 4 is 5.91 Å². The largest absolute Gasteiger partial charge is 0.506 e. The first kappa shape index (κ1) is 12.8. The molecule has 2 unspecified atom stereocenters. The molecule has 1 aliphatic heterocycles. The van der Waals surface area contributed by atoms with Crippen molar-refractivity contribution in [2.75, 3.05) is 19.8 Å². The van der Waals surface area contributed by atoms with E-state index >= 15 is 0 Å². The van der Waals surface area contributed by atoms with Crippen LogP contribution in [0.3, 0.4) is 0 Å². The standard InChI is InChI=1S/C12H16N2O4/c1-8-7-18-11(6-15)5-14(8)12(17)9-2-10(16)4-13-3-9/h2-4,8,11,15-16H,5-7H2,1H3. The molecule has 2 heterocycles. The van der Waals surface area contributed by atoms with Crippen molar-refractivity contribution in [1.29, 1.82) is 0 Å². The average Bonchev–Trinajstić information content (AvgIpc) is 2.38. The molecule has 1 fully saturated rings. The number of carbonyl (C=O) groups excluding carboxylic acids is 1. The lowest BCUT2D eigenvalue weighted by Crippen LogP contribution is -2.52. The Hall–Kier alpha value is -1.66. The van der Waals surface area contributed by atoms with Gasteiger partial charge in [-0.25, -0.2) is 0 Å². The lowest BCUT2D eigenvalue weighted by atomic mass is 10.1. The zero-order chi connectivity index (χ0) is 13.1. The van der Waals surface area contributed by atoms with Crippen molar-refractivity contribution in [2.45, 2.75) is 19.1 Å². The van der Waals surface area contributed by atoms with Gasteiger partial charge in [-0.3, -0.25) is 9.78 Å². The smallest absolute Gasteiger partial charge is 0.255 e. The highest BCUT2D eigenvalue weighted by Crippen LogP contribution is 2.17. The molecule has 6 heteroatoms. The number of carbonyl (C=O) groups is 1. The van der Waals surface area contributed by atoms with Crippen LogP contribution < -0.4 is 0 Å². The van der Waals surface area contributed by atoms with E-state index in [1.165, 1.54) is 18.5 Å². The molecule has 1 saturated heterocycles. The van der Waals surface area contributed by atoms with E-state index in [1.54, 1.807) is 4.90 Å². The van der Waals surface area contributed by atoms with Crippen LogP contribution in [-0.4, -0.2) is 57.9 Å². The Bertz CT molecular complexity index is 438. The van der Waals surface area contributed by atoms with Crippen molar-refractivity contribution in [1.82, 2.24) is 9.88 Å². The van der Waals surface area contributed by atoms with Crippen LogP contribution in [-0.2, 0) is 4.74 Å². The van der Waals surface area contributed by atoms with E-state index in [9.17, 15) is 9.90 Å². The molecule has 0 aliphatic carbocycles. The lowest BCUT2D eigenvalue weighted by molar-refractivity contribution is -0.0667. The Morgan fingerprint density at radius 1 is 1.61 bits per heavy atom. The van der Waals surface area contributed by atoms with E-state index in [-0.39, 0.29) is 30.4 Å². The molecule has 1 amide bonds. The number of aromatic nitrogens is 1. The number of hydrogen-bond donors (Lipinski definition) is 2. The molecule has 1 aromatic heterocycles. The molecule has 2 rings (SSSR count). The molecule has 1 aromatic rings. The number of nitrogens with zero attached hydrogens (tertiary/aromatic N) is 2. The number of pyridine rings is 1. The summed E-state index contributed by atoms with van der Waals surface area (Å²) in [6.45, 7) is 2.49. The number of aromatic hydroxyl groups is 1. The van der Waals surface area contributed by atoms with Gasteiger partial charge in [-0.2, -0.15) is 0 Å². The minimum Gasteiger partial charge on any atom is -0.506 e. The van der Waals surface area contributed by atoms with E-state index in [4.69, 9.17) is 9.84 Å². The third-order valence-electron chi connectivity index (χ3n) is 2.94. The predicted octanol–water partition coefficient (Wildman–Crippen LogP) is 0.00900. The number of ether oxygens (including phenoxy) is 1. The lowest BCUT2D eigenvalue weighted by Gasteiger charge is -2.37. The molecule has 2 atom stereocenters.